The van der Waals surface area contributed by atoms with Crippen molar-refractivity contribution < 1.29 is 9.90 Å². The van der Waals surface area contributed by atoms with Crippen molar-refractivity contribution in [1.29, 1.82) is 0 Å². The van der Waals surface area contributed by atoms with Crippen molar-refractivity contribution in [1.82, 2.24) is 0 Å². The monoisotopic (exact) mass is 302 g/mol. The summed E-state index contributed by atoms with van der Waals surface area (Å²) >= 11 is 0. The fraction of sp³-hybridized carbons (Fsp3) is 0.750. The van der Waals surface area contributed by atoms with Gasteiger partial charge in [0.05, 0.1) is 6.10 Å². The molecule has 3 rings (SSSR count). The first-order valence-electron chi connectivity index (χ1n) is 8.79. The van der Waals surface area contributed by atoms with Crippen LogP contribution in [-0.4, -0.2) is 17.0 Å². The van der Waals surface area contributed by atoms with E-state index in [4.69, 9.17) is 0 Å². The Morgan fingerprint density at radius 3 is 2.59 bits per heavy atom. The first kappa shape index (κ1) is 16.0. The number of rotatable bonds is 1. The highest BCUT2D eigenvalue weighted by molar-refractivity contribution is 5.95. The minimum atomic E-state index is -0.238. The average Bonchev–Trinajstić information content (AvgIpc) is 2.46. The molecular weight excluding hydrogens is 272 g/mol. The molecule has 0 amide bonds. The zero-order chi connectivity index (χ0) is 16.3. The molecule has 122 valence electrons. The van der Waals surface area contributed by atoms with E-state index in [1.807, 2.05) is 12.2 Å². The normalized spacial score (nSPS) is 47.2. The lowest BCUT2D eigenvalue weighted by atomic mass is 9.43. The van der Waals surface area contributed by atoms with Crippen LogP contribution in [-0.2, 0) is 4.79 Å². The summed E-state index contributed by atoms with van der Waals surface area (Å²) in [6.45, 7) is 12.9. The van der Waals surface area contributed by atoms with Gasteiger partial charge in [0, 0.05) is 5.92 Å². The molecule has 2 fully saturated rings. The predicted octanol–water partition coefficient (Wildman–Crippen LogP) is 4.15. The van der Waals surface area contributed by atoms with Crippen LogP contribution in [0, 0.1) is 34.5 Å². The number of aliphatic hydroxyl groups is 1. The summed E-state index contributed by atoms with van der Waals surface area (Å²) < 4.78 is 0. The van der Waals surface area contributed by atoms with Crippen LogP contribution >= 0.6 is 0 Å². The molecule has 6 atom stereocenters. The van der Waals surface area contributed by atoms with E-state index in [2.05, 4.69) is 34.3 Å². The lowest BCUT2D eigenvalue weighted by molar-refractivity contribution is -0.165. The summed E-state index contributed by atoms with van der Waals surface area (Å²) in [5, 5.41) is 10.5. The number of hydrogen-bond acceptors (Lipinski definition) is 2. The van der Waals surface area contributed by atoms with E-state index in [-0.39, 0.29) is 22.9 Å². The number of fused-ring (bicyclic) bond motifs is 3. The van der Waals surface area contributed by atoms with Gasteiger partial charge in [-0.1, -0.05) is 40.3 Å². The van der Waals surface area contributed by atoms with Gasteiger partial charge in [-0.2, -0.15) is 0 Å². The first-order chi connectivity index (χ1) is 10.2. The molecule has 3 aliphatic carbocycles. The standard InChI is InChI=1S/C20H30O2/c1-6-13-11-15(21)18-14(12(13)2)7-8-16-19(3,4)17(22)9-10-20(16,18)5/h6,11-12,14,16-18,22H,1,7-10H2,2-5H3/t12?,14-,16-,17-,18+,20-/m1/s1. The fourth-order valence-electron chi connectivity index (χ4n) is 6.12. The van der Waals surface area contributed by atoms with E-state index in [1.165, 1.54) is 0 Å². The van der Waals surface area contributed by atoms with Crippen LogP contribution in [0.25, 0.3) is 0 Å². The van der Waals surface area contributed by atoms with Crippen LogP contribution in [0.4, 0.5) is 0 Å². The van der Waals surface area contributed by atoms with Gasteiger partial charge in [0.15, 0.2) is 5.78 Å². The lowest BCUT2D eigenvalue weighted by Crippen LogP contribution is -2.59. The van der Waals surface area contributed by atoms with Gasteiger partial charge in [-0.15, -0.1) is 0 Å². The Hall–Kier alpha value is -0.890. The highest BCUT2D eigenvalue weighted by atomic mass is 16.3. The molecule has 1 N–H and O–H groups in total. The highest BCUT2D eigenvalue weighted by Gasteiger charge is 2.60. The van der Waals surface area contributed by atoms with Crippen LogP contribution in [0.1, 0.15) is 53.4 Å². The van der Waals surface area contributed by atoms with Gasteiger partial charge < -0.3 is 5.11 Å². The van der Waals surface area contributed by atoms with Gasteiger partial charge in [-0.3, -0.25) is 4.79 Å². The minimum absolute atomic E-state index is 0.0280. The van der Waals surface area contributed by atoms with E-state index < -0.39 is 0 Å². The Kier molecular flexibility index (Phi) is 3.67. The smallest absolute Gasteiger partial charge is 0.159 e. The molecule has 0 heterocycles. The number of aliphatic hydroxyl groups excluding tert-OH is 1. The van der Waals surface area contributed by atoms with E-state index >= 15 is 0 Å². The fourth-order valence-corrected chi connectivity index (χ4v) is 6.12. The summed E-state index contributed by atoms with van der Waals surface area (Å²) in [4.78, 5) is 12.9. The van der Waals surface area contributed by atoms with Gasteiger partial charge in [0.2, 0.25) is 0 Å². The van der Waals surface area contributed by atoms with E-state index in [0.29, 0.717) is 23.5 Å². The second kappa shape index (κ2) is 5.06. The van der Waals surface area contributed by atoms with Gasteiger partial charge in [0.1, 0.15) is 0 Å². The van der Waals surface area contributed by atoms with E-state index in [0.717, 1.165) is 31.3 Å². The third kappa shape index (κ3) is 1.99. The Balaban J connectivity index is 2.04. The van der Waals surface area contributed by atoms with E-state index in [1.54, 1.807) is 0 Å². The van der Waals surface area contributed by atoms with Crippen molar-refractivity contribution in [3.05, 3.63) is 24.3 Å². The first-order valence-corrected chi connectivity index (χ1v) is 8.79. The molecule has 0 aromatic heterocycles. The zero-order valence-electron chi connectivity index (χ0n) is 14.4. The van der Waals surface area contributed by atoms with Crippen LogP contribution < -0.4 is 0 Å². The summed E-state index contributed by atoms with van der Waals surface area (Å²) in [7, 11) is 0. The molecule has 22 heavy (non-hydrogen) atoms. The molecular formula is C20H30O2. The molecule has 0 radical (unpaired) electrons. The third-order valence-corrected chi connectivity index (χ3v) is 7.46. The van der Waals surface area contributed by atoms with Crippen LogP contribution in [0.3, 0.4) is 0 Å². The Morgan fingerprint density at radius 2 is 1.95 bits per heavy atom. The average molecular weight is 302 g/mol. The second-order valence-electron chi connectivity index (χ2n) is 8.69. The number of allylic oxidation sites excluding steroid dienone is 3. The summed E-state index contributed by atoms with van der Waals surface area (Å²) in [5.74, 6) is 1.72. The van der Waals surface area contributed by atoms with Crippen molar-refractivity contribution >= 4 is 5.78 Å². The van der Waals surface area contributed by atoms with Crippen LogP contribution in [0.15, 0.2) is 24.3 Å². The summed E-state index contributed by atoms with van der Waals surface area (Å²) in [6.07, 6.45) is 7.49. The quantitative estimate of drug-likeness (QED) is 0.790. The second-order valence-corrected chi connectivity index (χ2v) is 8.69. The molecule has 2 saturated carbocycles. The van der Waals surface area contributed by atoms with Crippen molar-refractivity contribution in [3.63, 3.8) is 0 Å². The Morgan fingerprint density at radius 1 is 1.27 bits per heavy atom. The van der Waals surface area contributed by atoms with Gasteiger partial charge >= 0.3 is 0 Å². The molecule has 0 aliphatic heterocycles. The largest absolute Gasteiger partial charge is 0.393 e. The molecule has 1 unspecified atom stereocenters. The molecule has 0 saturated heterocycles. The molecule has 0 aromatic rings. The number of hydrogen-bond donors (Lipinski definition) is 1. The Labute approximate surface area is 134 Å². The van der Waals surface area contributed by atoms with Crippen molar-refractivity contribution in [2.45, 2.75) is 59.5 Å². The van der Waals surface area contributed by atoms with Crippen LogP contribution in [0.2, 0.25) is 0 Å². The molecule has 0 aromatic carbocycles. The predicted molar refractivity (Wildman–Crippen MR) is 89.3 cm³/mol. The maximum absolute atomic E-state index is 12.9. The van der Waals surface area contributed by atoms with Gasteiger partial charge in [-0.05, 0) is 65.9 Å². The topological polar surface area (TPSA) is 37.3 Å². The number of carbonyl (C=O) groups is 1. The Bertz CT molecular complexity index is 530. The van der Waals surface area contributed by atoms with Gasteiger partial charge in [0.25, 0.3) is 0 Å². The minimum Gasteiger partial charge on any atom is -0.393 e. The summed E-state index contributed by atoms with van der Waals surface area (Å²) in [5.41, 5.74) is 1.05. The van der Waals surface area contributed by atoms with E-state index in [9.17, 15) is 9.90 Å². The summed E-state index contributed by atoms with van der Waals surface area (Å²) in [6, 6.07) is 0. The number of carbonyl (C=O) groups excluding carboxylic acids is 1. The third-order valence-electron chi connectivity index (χ3n) is 7.46. The van der Waals surface area contributed by atoms with Crippen molar-refractivity contribution in [2.75, 3.05) is 0 Å². The molecule has 3 aliphatic rings. The van der Waals surface area contributed by atoms with Crippen molar-refractivity contribution in [3.8, 4) is 0 Å². The van der Waals surface area contributed by atoms with Crippen molar-refractivity contribution in [2.24, 2.45) is 34.5 Å². The molecule has 2 heteroatoms. The molecule has 2 nitrogen and oxygen atoms in total. The zero-order valence-corrected chi connectivity index (χ0v) is 14.4. The number of ketones is 1. The SMILES string of the molecule is C=CC1=CC(=O)[C@@H]2[C@H](CC[C@@H]3C(C)(C)[C@H](O)CC[C@@]23C)C1C. The maximum Gasteiger partial charge on any atom is 0.159 e. The maximum atomic E-state index is 12.9. The van der Waals surface area contributed by atoms with Crippen LogP contribution in [0.5, 0.6) is 0 Å². The highest BCUT2D eigenvalue weighted by Crippen LogP contribution is 2.63. The lowest BCUT2D eigenvalue weighted by Gasteiger charge is -2.61. The molecule has 0 bridgehead atoms. The molecule has 0 spiro atoms. The van der Waals surface area contributed by atoms with Gasteiger partial charge in [-0.25, -0.2) is 0 Å².